The number of hydrogen-bond donors (Lipinski definition) is 1. The maximum Gasteiger partial charge on any atom is 0.144 e. The summed E-state index contributed by atoms with van der Waals surface area (Å²) in [5, 5.41) is 8.82. The van der Waals surface area contributed by atoms with E-state index in [1.54, 1.807) is 12.3 Å². The molecule has 0 aliphatic carbocycles. The van der Waals surface area contributed by atoms with Gasteiger partial charge in [0.15, 0.2) is 0 Å². The maximum absolute atomic E-state index is 8.82. The summed E-state index contributed by atoms with van der Waals surface area (Å²) in [6.45, 7) is 0. The van der Waals surface area contributed by atoms with E-state index in [4.69, 9.17) is 22.2 Å². The first-order chi connectivity index (χ1) is 7.79. The number of nitrogens with one attached hydrogen (secondary N) is 1. The van der Waals surface area contributed by atoms with Gasteiger partial charge in [0.2, 0.25) is 0 Å². The number of nitrogens with zero attached hydrogens (tertiary/aromatic N) is 1. The van der Waals surface area contributed by atoms with Gasteiger partial charge >= 0.3 is 0 Å². The van der Waals surface area contributed by atoms with Crippen LogP contribution in [0.1, 0.15) is 5.56 Å². The smallest absolute Gasteiger partial charge is 0.144 e. The molecule has 0 unspecified atom stereocenters. The van der Waals surface area contributed by atoms with Gasteiger partial charge in [-0.2, -0.15) is 5.26 Å². The van der Waals surface area contributed by atoms with Crippen molar-refractivity contribution in [1.82, 2.24) is 4.98 Å². The number of nitriles is 1. The zero-order chi connectivity index (χ0) is 11.4. The van der Waals surface area contributed by atoms with Gasteiger partial charge in [-0.1, -0.05) is 30.4 Å². The van der Waals surface area contributed by atoms with Crippen LogP contribution in [-0.2, 0) is 0 Å². The molecule has 1 N–H and O–H groups in total. The lowest BCUT2D eigenvalue weighted by molar-refractivity contribution is 0.480. The van der Waals surface area contributed by atoms with E-state index in [9.17, 15) is 0 Å². The van der Waals surface area contributed by atoms with Gasteiger partial charge in [0.25, 0.3) is 0 Å². The van der Waals surface area contributed by atoms with Gasteiger partial charge in [-0.15, -0.1) is 0 Å². The van der Waals surface area contributed by atoms with Crippen LogP contribution in [0.4, 0.5) is 0 Å². The van der Waals surface area contributed by atoms with Gasteiger partial charge in [0.1, 0.15) is 22.2 Å². The van der Waals surface area contributed by atoms with Crippen LogP contribution in [0.5, 0.6) is 11.5 Å². The van der Waals surface area contributed by atoms with E-state index in [0.29, 0.717) is 16.0 Å². The third-order valence-electron chi connectivity index (χ3n) is 1.98. The van der Waals surface area contributed by atoms with Crippen LogP contribution >= 0.6 is 12.2 Å². The number of H-pyrrole nitrogens is 1. The standard InChI is InChI=1S/C12H8N2OS/c13-7-9-6-11(8-14-12(9)16)15-10-4-2-1-3-5-10/h1-6,8H,(H,14,16). The zero-order valence-corrected chi connectivity index (χ0v) is 9.12. The molecular formula is C12H8N2OS. The van der Waals surface area contributed by atoms with Crippen molar-refractivity contribution in [2.45, 2.75) is 0 Å². The third-order valence-corrected chi connectivity index (χ3v) is 2.31. The summed E-state index contributed by atoms with van der Waals surface area (Å²) in [5.41, 5.74) is 0.406. The number of para-hydroxylation sites is 1. The van der Waals surface area contributed by atoms with Crippen molar-refractivity contribution in [3.8, 4) is 17.6 Å². The highest BCUT2D eigenvalue weighted by molar-refractivity contribution is 7.71. The monoisotopic (exact) mass is 228 g/mol. The number of rotatable bonds is 2. The highest BCUT2D eigenvalue weighted by atomic mass is 32.1. The minimum absolute atomic E-state index is 0.406. The molecule has 0 saturated carbocycles. The molecule has 0 radical (unpaired) electrons. The predicted octanol–water partition coefficient (Wildman–Crippen LogP) is 3.41. The summed E-state index contributed by atoms with van der Waals surface area (Å²) in [6.07, 6.45) is 1.64. The largest absolute Gasteiger partial charge is 0.456 e. The van der Waals surface area contributed by atoms with Gasteiger partial charge in [-0.3, -0.25) is 0 Å². The van der Waals surface area contributed by atoms with Gasteiger partial charge in [0.05, 0.1) is 5.56 Å². The fourth-order valence-corrected chi connectivity index (χ4v) is 1.39. The van der Waals surface area contributed by atoms with Crippen molar-refractivity contribution in [2.75, 3.05) is 0 Å². The molecule has 0 saturated heterocycles. The molecule has 0 atom stereocenters. The van der Waals surface area contributed by atoms with Crippen molar-refractivity contribution in [2.24, 2.45) is 0 Å². The Labute approximate surface area is 97.9 Å². The van der Waals surface area contributed by atoms with Gasteiger partial charge in [-0.05, 0) is 12.1 Å². The average molecular weight is 228 g/mol. The molecule has 3 nitrogen and oxygen atoms in total. The Kier molecular flexibility index (Phi) is 2.99. The Bertz CT molecular complexity index is 584. The van der Waals surface area contributed by atoms with Crippen LogP contribution in [0.15, 0.2) is 42.6 Å². The molecule has 1 aromatic heterocycles. The van der Waals surface area contributed by atoms with Gasteiger partial charge in [-0.25, -0.2) is 0 Å². The molecule has 0 aliphatic heterocycles. The Hall–Kier alpha value is -2.12. The number of benzene rings is 1. The summed E-state index contributed by atoms with van der Waals surface area (Å²) < 4.78 is 5.97. The van der Waals surface area contributed by atoms with Crippen molar-refractivity contribution < 1.29 is 4.74 Å². The molecule has 1 heterocycles. The number of aromatic nitrogens is 1. The molecular weight excluding hydrogens is 220 g/mol. The van der Waals surface area contributed by atoms with Crippen molar-refractivity contribution in [3.63, 3.8) is 0 Å². The van der Waals surface area contributed by atoms with E-state index in [1.807, 2.05) is 36.4 Å². The van der Waals surface area contributed by atoms with E-state index in [1.165, 1.54) is 0 Å². The Morgan fingerprint density at radius 3 is 2.62 bits per heavy atom. The number of hydrogen-bond acceptors (Lipinski definition) is 3. The van der Waals surface area contributed by atoms with Crippen LogP contribution in [-0.4, -0.2) is 4.98 Å². The Morgan fingerprint density at radius 1 is 1.19 bits per heavy atom. The molecule has 0 bridgehead atoms. The van der Waals surface area contributed by atoms with Crippen molar-refractivity contribution >= 4 is 12.2 Å². The normalized spacial score (nSPS) is 9.44. The van der Waals surface area contributed by atoms with Crippen LogP contribution in [0.3, 0.4) is 0 Å². The van der Waals surface area contributed by atoms with E-state index < -0.39 is 0 Å². The Morgan fingerprint density at radius 2 is 1.94 bits per heavy atom. The summed E-state index contributed by atoms with van der Waals surface area (Å²) in [6, 6.07) is 13.0. The van der Waals surface area contributed by atoms with Crippen LogP contribution in [0.25, 0.3) is 0 Å². The highest BCUT2D eigenvalue weighted by Crippen LogP contribution is 2.20. The molecule has 2 aromatic rings. The lowest BCUT2D eigenvalue weighted by atomic mass is 10.3. The summed E-state index contributed by atoms with van der Waals surface area (Å²) in [5.74, 6) is 1.29. The second-order valence-electron chi connectivity index (χ2n) is 3.11. The van der Waals surface area contributed by atoms with Crippen molar-refractivity contribution in [1.29, 1.82) is 5.26 Å². The molecule has 0 amide bonds. The second kappa shape index (κ2) is 4.60. The molecule has 1 aromatic carbocycles. The number of ether oxygens (including phenoxy) is 1. The van der Waals surface area contributed by atoms with Crippen LogP contribution < -0.4 is 4.74 Å². The SMILES string of the molecule is N#Cc1cc(Oc2ccccc2)c[nH]c1=S. The predicted molar refractivity (Wildman–Crippen MR) is 62.9 cm³/mol. The first kappa shape index (κ1) is 10.4. The minimum atomic E-state index is 0.406. The second-order valence-corrected chi connectivity index (χ2v) is 3.51. The van der Waals surface area contributed by atoms with E-state index in [0.717, 1.165) is 5.75 Å². The quantitative estimate of drug-likeness (QED) is 0.801. The number of pyridine rings is 1. The molecule has 2 rings (SSSR count). The molecule has 0 aliphatic rings. The van der Waals surface area contributed by atoms with Crippen molar-refractivity contribution in [3.05, 3.63) is 52.8 Å². The summed E-state index contributed by atoms with van der Waals surface area (Å²) in [7, 11) is 0. The summed E-state index contributed by atoms with van der Waals surface area (Å²) in [4.78, 5) is 2.81. The van der Waals surface area contributed by atoms with Crippen LogP contribution in [0.2, 0.25) is 0 Å². The van der Waals surface area contributed by atoms with Gasteiger partial charge in [0, 0.05) is 12.3 Å². The topological polar surface area (TPSA) is 48.8 Å². The van der Waals surface area contributed by atoms with Crippen LogP contribution in [0, 0.1) is 16.0 Å². The first-order valence-electron chi connectivity index (χ1n) is 4.65. The number of aromatic amines is 1. The van der Waals surface area contributed by atoms with E-state index in [2.05, 4.69) is 4.98 Å². The maximum atomic E-state index is 8.82. The molecule has 4 heteroatoms. The van der Waals surface area contributed by atoms with Gasteiger partial charge < -0.3 is 9.72 Å². The van der Waals surface area contributed by atoms with E-state index in [-0.39, 0.29) is 0 Å². The summed E-state index contributed by atoms with van der Waals surface area (Å²) >= 11 is 4.94. The Balaban J connectivity index is 2.30. The zero-order valence-electron chi connectivity index (χ0n) is 8.31. The average Bonchev–Trinajstić information content (AvgIpc) is 2.33. The lowest BCUT2D eigenvalue weighted by Crippen LogP contribution is -1.87. The highest BCUT2D eigenvalue weighted by Gasteiger charge is 2.00. The fraction of sp³-hybridized carbons (Fsp3) is 0. The molecule has 0 spiro atoms. The fourth-order valence-electron chi connectivity index (χ4n) is 1.23. The molecule has 0 fully saturated rings. The molecule has 16 heavy (non-hydrogen) atoms. The minimum Gasteiger partial charge on any atom is -0.456 e. The third kappa shape index (κ3) is 2.27. The lowest BCUT2D eigenvalue weighted by Gasteiger charge is -2.04. The first-order valence-corrected chi connectivity index (χ1v) is 5.06. The van der Waals surface area contributed by atoms with E-state index >= 15 is 0 Å². The molecule has 78 valence electrons.